The lowest BCUT2D eigenvalue weighted by molar-refractivity contribution is -0.136. The number of benzene rings is 2. The van der Waals surface area contributed by atoms with Crippen molar-refractivity contribution in [3.05, 3.63) is 87.4 Å². The molecule has 2 aromatic carbocycles. The summed E-state index contributed by atoms with van der Waals surface area (Å²) in [6.07, 6.45) is 1.51. The largest absolute Gasteiger partial charge is 0.491 e. The fraction of sp³-hybridized carbons (Fsp3) is 0.357. The van der Waals surface area contributed by atoms with E-state index in [-0.39, 0.29) is 42.9 Å². The maximum Gasteiger partial charge on any atom is 0.254 e. The standard InChI is InChI=1S/C28H31FN2O3S/c1-4-20(3)31(28(33)21-10-8-19(2)9-11-21)17-27(32)30-14-12-26-24(13-15-35-26)25(30)18-34-23-7-5-6-22(29)16-23/h5-11,13,15-16,20,25H,4,12,14,17-18H2,1-3H3. The molecule has 2 heterocycles. The number of aryl methyl sites for hydroxylation is 1. The molecule has 0 saturated carbocycles. The summed E-state index contributed by atoms with van der Waals surface area (Å²) < 4.78 is 19.6. The van der Waals surface area contributed by atoms with Crippen molar-refractivity contribution < 1.29 is 18.7 Å². The molecule has 2 unspecified atom stereocenters. The Balaban J connectivity index is 1.54. The van der Waals surface area contributed by atoms with E-state index in [1.165, 1.54) is 17.0 Å². The van der Waals surface area contributed by atoms with Crippen LogP contribution in [-0.2, 0) is 11.2 Å². The summed E-state index contributed by atoms with van der Waals surface area (Å²) >= 11 is 1.67. The number of ether oxygens (including phenoxy) is 1. The molecule has 5 nitrogen and oxygen atoms in total. The summed E-state index contributed by atoms with van der Waals surface area (Å²) in [5.74, 6) is -0.200. The van der Waals surface area contributed by atoms with Crippen LogP contribution >= 0.6 is 11.3 Å². The Morgan fingerprint density at radius 1 is 1.20 bits per heavy atom. The minimum Gasteiger partial charge on any atom is -0.491 e. The van der Waals surface area contributed by atoms with Gasteiger partial charge in [0.2, 0.25) is 5.91 Å². The van der Waals surface area contributed by atoms with Crippen LogP contribution in [0.1, 0.15) is 52.7 Å². The molecule has 0 radical (unpaired) electrons. The highest BCUT2D eigenvalue weighted by Crippen LogP contribution is 2.34. The van der Waals surface area contributed by atoms with Gasteiger partial charge in [0.15, 0.2) is 0 Å². The molecule has 35 heavy (non-hydrogen) atoms. The van der Waals surface area contributed by atoms with Crippen LogP contribution in [-0.4, -0.2) is 47.4 Å². The van der Waals surface area contributed by atoms with E-state index in [1.807, 2.05) is 61.4 Å². The smallest absolute Gasteiger partial charge is 0.254 e. The molecule has 0 N–H and O–H groups in total. The Morgan fingerprint density at radius 2 is 1.97 bits per heavy atom. The molecule has 1 aliphatic heterocycles. The number of halogens is 1. The molecular formula is C28H31FN2O3S. The van der Waals surface area contributed by atoms with Crippen molar-refractivity contribution >= 4 is 23.2 Å². The summed E-state index contributed by atoms with van der Waals surface area (Å²) in [6.45, 7) is 6.73. The molecule has 0 bridgehead atoms. The van der Waals surface area contributed by atoms with Crippen molar-refractivity contribution in [3.8, 4) is 5.75 Å². The van der Waals surface area contributed by atoms with Gasteiger partial charge in [-0.15, -0.1) is 11.3 Å². The fourth-order valence-corrected chi connectivity index (χ4v) is 5.28. The molecule has 0 fully saturated rings. The maximum absolute atomic E-state index is 13.6. The van der Waals surface area contributed by atoms with Crippen molar-refractivity contribution in [2.75, 3.05) is 19.7 Å². The summed E-state index contributed by atoms with van der Waals surface area (Å²) in [4.78, 5) is 31.7. The molecule has 184 valence electrons. The maximum atomic E-state index is 13.6. The predicted octanol–water partition coefficient (Wildman–Crippen LogP) is 5.64. The summed E-state index contributed by atoms with van der Waals surface area (Å²) in [6, 6.07) is 15.1. The van der Waals surface area contributed by atoms with Crippen LogP contribution in [0.15, 0.2) is 60.0 Å². The van der Waals surface area contributed by atoms with Gasteiger partial charge in [0.05, 0.1) is 6.04 Å². The minimum absolute atomic E-state index is 0.00233. The highest BCUT2D eigenvalue weighted by molar-refractivity contribution is 7.10. The first kappa shape index (κ1) is 24.9. The molecule has 0 spiro atoms. The highest BCUT2D eigenvalue weighted by Gasteiger charge is 2.34. The molecule has 0 aliphatic carbocycles. The number of hydrogen-bond acceptors (Lipinski definition) is 4. The van der Waals surface area contributed by atoms with Gasteiger partial charge in [-0.3, -0.25) is 9.59 Å². The third-order valence-corrected chi connectivity index (χ3v) is 7.60. The molecule has 4 rings (SSSR count). The molecule has 1 aliphatic rings. The molecule has 7 heteroatoms. The zero-order valence-electron chi connectivity index (χ0n) is 20.4. The van der Waals surface area contributed by atoms with Gasteiger partial charge >= 0.3 is 0 Å². The minimum atomic E-state index is -0.367. The molecular weight excluding hydrogens is 463 g/mol. The lowest BCUT2D eigenvalue weighted by Crippen LogP contribution is -2.49. The Kier molecular flexibility index (Phi) is 7.86. The van der Waals surface area contributed by atoms with Crippen LogP contribution < -0.4 is 4.74 Å². The van der Waals surface area contributed by atoms with Crippen molar-refractivity contribution in [2.45, 2.75) is 45.7 Å². The van der Waals surface area contributed by atoms with Crippen molar-refractivity contribution in [3.63, 3.8) is 0 Å². The number of nitrogens with zero attached hydrogens (tertiary/aromatic N) is 2. The van der Waals surface area contributed by atoms with Crippen LogP contribution in [0, 0.1) is 12.7 Å². The quantitative estimate of drug-likeness (QED) is 0.407. The summed E-state index contributed by atoms with van der Waals surface area (Å²) in [5, 5.41) is 2.03. The Hall–Kier alpha value is -3.19. The van der Waals surface area contributed by atoms with Crippen molar-refractivity contribution in [2.24, 2.45) is 0 Å². The average molecular weight is 495 g/mol. The van der Waals surface area contributed by atoms with Gasteiger partial charge in [-0.25, -0.2) is 4.39 Å². The van der Waals surface area contributed by atoms with Gasteiger partial charge < -0.3 is 14.5 Å². The van der Waals surface area contributed by atoms with Crippen LogP contribution in [0.25, 0.3) is 0 Å². The second kappa shape index (κ2) is 11.0. The SMILES string of the molecule is CCC(C)N(CC(=O)N1CCc2sccc2C1COc1cccc(F)c1)C(=O)c1ccc(C)cc1. The first-order chi connectivity index (χ1) is 16.9. The number of carbonyl (C=O) groups excluding carboxylic acids is 2. The van der Waals surface area contributed by atoms with E-state index in [1.54, 1.807) is 28.4 Å². The van der Waals surface area contributed by atoms with E-state index >= 15 is 0 Å². The zero-order valence-corrected chi connectivity index (χ0v) is 21.2. The van der Waals surface area contributed by atoms with E-state index in [9.17, 15) is 14.0 Å². The average Bonchev–Trinajstić information content (AvgIpc) is 3.34. The normalized spacial score (nSPS) is 15.9. The summed E-state index contributed by atoms with van der Waals surface area (Å²) in [5.41, 5.74) is 2.72. The van der Waals surface area contributed by atoms with Crippen LogP contribution in [0.4, 0.5) is 4.39 Å². The summed E-state index contributed by atoms with van der Waals surface area (Å²) in [7, 11) is 0. The number of amides is 2. The van der Waals surface area contributed by atoms with Crippen molar-refractivity contribution in [1.29, 1.82) is 0 Å². The lowest BCUT2D eigenvalue weighted by atomic mass is 10.00. The second-order valence-corrected chi connectivity index (χ2v) is 9.98. The molecule has 1 aromatic heterocycles. The van der Waals surface area contributed by atoms with Crippen LogP contribution in [0.5, 0.6) is 5.75 Å². The Morgan fingerprint density at radius 3 is 2.69 bits per heavy atom. The third kappa shape index (κ3) is 5.73. The number of carbonyl (C=O) groups is 2. The van der Waals surface area contributed by atoms with E-state index in [4.69, 9.17) is 4.74 Å². The first-order valence-electron chi connectivity index (χ1n) is 12.0. The van der Waals surface area contributed by atoms with Crippen LogP contribution in [0.3, 0.4) is 0 Å². The van der Waals surface area contributed by atoms with Gasteiger partial charge in [-0.2, -0.15) is 0 Å². The Bertz CT molecular complexity index is 1180. The number of fused-ring (bicyclic) bond motifs is 1. The van der Waals surface area contributed by atoms with E-state index in [2.05, 4.69) is 0 Å². The van der Waals surface area contributed by atoms with E-state index in [0.717, 1.165) is 24.0 Å². The van der Waals surface area contributed by atoms with Gasteiger partial charge in [0, 0.05) is 29.1 Å². The second-order valence-electron chi connectivity index (χ2n) is 8.98. The van der Waals surface area contributed by atoms with Crippen molar-refractivity contribution in [1.82, 2.24) is 9.80 Å². The number of rotatable bonds is 8. The number of thiophene rings is 1. The van der Waals surface area contributed by atoms with E-state index in [0.29, 0.717) is 17.9 Å². The van der Waals surface area contributed by atoms with Gasteiger partial charge in [0.25, 0.3) is 5.91 Å². The van der Waals surface area contributed by atoms with Gasteiger partial charge in [0.1, 0.15) is 24.7 Å². The first-order valence-corrected chi connectivity index (χ1v) is 12.9. The topological polar surface area (TPSA) is 49.9 Å². The molecule has 2 atom stereocenters. The van der Waals surface area contributed by atoms with Crippen LogP contribution in [0.2, 0.25) is 0 Å². The molecule has 3 aromatic rings. The van der Waals surface area contributed by atoms with E-state index < -0.39 is 0 Å². The zero-order chi connectivity index (χ0) is 24.9. The predicted molar refractivity (Wildman–Crippen MR) is 136 cm³/mol. The lowest BCUT2D eigenvalue weighted by Gasteiger charge is -2.38. The monoisotopic (exact) mass is 494 g/mol. The third-order valence-electron chi connectivity index (χ3n) is 6.61. The molecule has 2 amide bonds. The number of hydrogen-bond donors (Lipinski definition) is 0. The highest BCUT2D eigenvalue weighted by atomic mass is 32.1. The fourth-order valence-electron chi connectivity index (χ4n) is 4.35. The van der Waals surface area contributed by atoms with Gasteiger partial charge in [-0.05, 0) is 68.0 Å². The molecule has 0 saturated heterocycles. The van der Waals surface area contributed by atoms with Gasteiger partial charge in [-0.1, -0.05) is 30.7 Å². The Labute approximate surface area is 210 Å².